The van der Waals surface area contributed by atoms with Gasteiger partial charge in [0.25, 0.3) is 0 Å². The quantitative estimate of drug-likeness (QED) is 0.664. The predicted octanol–water partition coefficient (Wildman–Crippen LogP) is 5.63. The van der Waals surface area contributed by atoms with E-state index in [4.69, 9.17) is 0 Å². The summed E-state index contributed by atoms with van der Waals surface area (Å²) in [7, 11) is 0. The molecule has 1 N–H and O–H groups in total. The first kappa shape index (κ1) is 19.2. The van der Waals surface area contributed by atoms with E-state index < -0.39 is 0 Å². The van der Waals surface area contributed by atoms with Crippen LogP contribution in [-0.4, -0.2) is 12.1 Å². The molecule has 0 radical (unpaired) electrons. The minimum Gasteiger partial charge on any atom is -0.334 e. The monoisotopic (exact) mass is 348 g/mol. The highest BCUT2D eigenvalue weighted by Crippen LogP contribution is 2.32. The van der Waals surface area contributed by atoms with Crippen LogP contribution in [0.2, 0.25) is 0 Å². The van der Waals surface area contributed by atoms with Crippen LogP contribution in [0.3, 0.4) is 0 Å². The van der Waals surface area contributed by atoms with Crippen LogP contribution in [0.15, 0.2) is 12.1 Å². The van der Waals surface area contributed by atoms with Gasteiger partial charge in [-0.25, -0.2) is 9.10 Å². The standard InChI is InChI=1S/C20H32N2OS/c1-5-15-12-17(14(3)4)13-16(6-2)19(15)22(24)20(23)21-18-10-8-7-9-11-18/h12-14,18,24H,5-11H2,1-4H3,(H,21,23). The molecule has 0 aliphatic heterocycles. The summed E-state index contributed by atoms with van der Waals surface area (Å²) in [6, 6.07) is 4.67. The molecule has 2 amide bonds. The number of hydrogen-bond acceptors (Lipinski definition) is 2. The zero-order valence-electron chi connectivity index (χ0n) is 15.6. The van der Waals surface area contributed by atoms with Crippen LogP contribution in [-0.2, 0) is 12.8 Å². The van der Waals surface area contributed by atoms with E-state index in [0.29, 0.717) is 12.0 Å². The van der Waals surface area contributed by atoms with Gasteiger partial charge in [-0.2, -0.15) is 0 Å². The molecule has 0 unspecified atom stereocenters. The van der Waals surface area contributed by atoms with Crippen molar-refractivity contribution in [2.75, 3.05) is 4.31 Å². The number of aryl methyl sites for hydroxylation is 2. The highest BCUT2D eigenvalue weighted by Gasteiger charge is 2.23. The molecule has 4 heteroatoms. The van der Waals surface area contributed by atoms with Crippen molar-refractivity contribution in [2.24, 2.45) is 0 Å². The molecule has 0 aromatic heterocycles. The number of nitrogens with one attached hydrogen (secondary N) is 1. The molecule has 0 spiro atoms. The molecular formula is C20H32N2OS. The van der Waals surface area contributed by atoms with Gasteiger partial charge in [0.15, 0.2) is 0 Å². The van der Waals surface area contributed by atoms with Crippen molar-refractivity contribution in [2.45, 2.75) is 84.6 Å². The second-order valence-corrected chi connectivity index (χ2v) is 7.55. The average molecular weight is 349 g/mol. The van der Waals surface area contributed by atoms with Crippen molar-refractivity contribution in [3.05, 3.63) is 28.8 Å². The molecular weight excluding hydrogens is 316 g/mol. The number of rotatable bonds is 5. The Hall–Kier alpha value is -1.16. The zero-order chi connectivity index (χ0) is 17.7. The number of thiol groups is 1. The summed E-state index contributed by atoms with van der Waals surface area (Å²) >= 11 is 4.57. The van der Waals surface area contributed by atoms with E-state index in [1.54, 1.807) is 0 Å². The Morgan fingerprint density at radius 3 is 2.17 bits per heavy atom. The van der Waals surface area contributed by atoms with Crippen molar-refractivity contribution in [3.8, 4) is 0 Å². The summed E-state index contributed by atoms with van der Waals surface area (Å²) in [6.45, 7) is 8.70. The van der Waals surface area contributed by atoms with Gasteiger partial charge < -0.3 is 5.32 Å². The maximum atomic E-state index is 12.7. The fraction of sp³-hybridized carbons (Fsp3) is 0.650. The second kappa shape index (κ2) is 8.80. The third kappa shape index (κ3) is 4.47. The maximum absolute atomic E-state index is 12.7. The highest BCUT2D eigenvalue weighted by atomic mass is 32.1. The van der Waals surface area contributed by atoms with Crippen LogP contribution in [0, 0.1) is 0 Å². The summed E-state index contributed by atoms with van der Waals surface area (Å²) in [6.07, 6.45) is 7.67. The first-order valence-electron chi connectivity index (χ1n) is 9.43. The van der Waals surface area contributed by atoms with Crippen molar-refractivity contribution in [3.63, 3.8) is 0 Å². The Morgan fingerprint density at radius 2 is 1.71 bits per heavy atom. The van der Waals surface area contributed by atoms with E-state index in [-0.39, 0.29) is 6.03 Å². The van der Waals surface area contributed by atoms with E-state index in [1.807, 2.05) is 0 Å². The van der Waals surface area contributed by atoms with Crippen LogP contribution in [0.25, 0.3) is 0 Å². The van der Waals surface area contributed by atoms with Crippen LogP contribution in [0.1, 0.15) is 82.4 Å². The normalized spacial score (nSPS) is 15.6. The summed E-state index contributed by atoms with van der Waals surface area (Å²) in [4.78, 5) is 12.7. The third-order valence-corrected chi connectivity index (χ3v) is 5.44. The predicted molar refractivity (Wildman–Crippen MR) is 106 cm³/mol. The summed E-state index contributed by atoms with van der Waals surface area (Å²) in [5, 5.41) is 3.17. The molecule has 1 aromatic rings. The van der Waals surface area contributed by atoms with Gasteiger partial charge in [0.05, 0.1) is 5.69 Å². The van der Waals surface area contributed by atoms with Gasteiger partial charge in [-0.1, -0.05) is 71.9 Å². The lowest BCUT2D eigenvalue weighted by atomic mass is 9.93. The van der Waals surface area contributed by atoms with E-state index >= 15 is 0 Å². The molecule has 0 atom stereocenters. The topological polar surface area (TPSA) is 32.3 Å². The van der Waals surface area contributed by atoms with Gasteiger partial charge in [0, 0.05) is 6.04 Å². The van der Waals surface area contributed by atoms with Gasteiger partial charge in [0.2, 0.25) is 0 Å². The van der Waals surface area contributed by atoms with Crippen molar-refractivity contribution < 1.29 is 4.79 Å². The molecule has 1 saturated carbocycles. The third-order valence-electron chi connectivity index (χ3n) is 5.06. The molecule has 1 fully saturated rings. The van der Waals surface area contributed by atoms with Crippen LogP contribution in [0.4, 0.5) is 10.5 Å². The number of hydrogen-bond donors (Lipinski definition) is 2. The van der Waals surface area contributed by atoms with Gasteiger partial charge in [-0.15, -0.1) is 0 Å². The Labute approximate surface area is 152 Å². The number of carbonyl (C=O) groups is 1. The molecule has 1 aliphatic rings. The SMILES string of the molecule is CCc1cc(C(C)C)cc(CC)c1N(S)C(=O)NC1CCCCC1. The highest BCUT2D eigenvalue weighted by molar-refractivity contribution is 7.82. The fourth-order valence-corrected chi connectivity index (χ4v) is 3.83. The Kier molecular flexibility index (Phi) is 7.02. The van der Waals surface area contributed by atoms with Gasteiger partial charge in [-0.3, -0.25) is 0 Å². The lowest BCUT2D eigenvalue weighted by Crippen LogP contribution is -2.42. The molecule has 0 saturated heterocycles. The van der Waals surface area contributed by atoms with Crippen LogP contribution >= 0.6 is 12.8 Å². The molecule has 2 rings (SSSR count). The number of benzene rings is 1. The van der Waals surface area contributed by atoms with E-state index in [2.05, 4.69) is 58.0 Å². The minimum atomic E-state index is -0.0908. The molecule has 3 nitrogen and oxygen atoms in total. The number of urea groups is 1. The molecule has 0 heterocycles. The molecule has 24 heavy (non-hydrogen) atoms. The summed E-state index contributed by atoms with van der Waals surface area (Å²) < 4.78 is 1.54. The van der Waals surface area contributed by atoms with E-state index in [0.717, 1.165) is 31.4 Å². The minimum absolute atomic E-state index is 0.0908. The molecule has 134 valence electrons. The number of carbonyl (C=O) groups excluding carboxylic acids is 1. The van der Waals surface area contributed by atoms with Gasteiger partial charge in [0.1, 0.15) is 0 Å². The van der Waals surface area contributed by atoms with Crippen molar-refractivity contribution in [1.29, 1.82) is 0 Å². The number of anilines is 1. The summed E-state index contributed by atoms with van der Waals surface area (Å²) in [5.41, 5.74) is 4.71. The van der Waals surface area contributed by atoms with Gasteiger partial charge >= 0.3 is 6.03 Å². The number of nitrogens with zero attached hydrogens (tertiary/aromatic N) is 1. The Bertz CT molecular complexity index is 540. The largest absolute Gasteiger partial charge is 0.334 e. The first-order valence-corrected chi connectivity index (χ1v) is 9.83. The lowest BCUT2D eigenvalue weighted by Gasteiger charge is -2.28. The molecule has 1 aromatic carbocycles. The fourth-order valence-electron chi connectivity index (χ4n) is 3.52. The van der Waals surface area contributed by atoms with E-state index in [9.17, 15) is 4.79 Å². The Morgan fingerprint density at radius 1 is 1.17 bits per heavy atom. The molecule has 0 bridgehead atoms. The smallest absolute Gasteiger partial charge is 0.332 e. The van der Waals surface area contributed by atoms with Gasteiger partial charge in [-0.05, 0) is 48.3 Å². The van der Waals surface area contributed by atoms with E-state index in [1.165, 1.54) is 40.3 Å². The number of amides is 2. The lowest BCUT2D eigenvalue weighted by molar-refractivity contribution is 0.242. The second-order valence-electron chi connectivity index (χ2n) is 7.15. The molecule has 1 aliphatic carbocycles. The zero-order valence-corrected chi connectivity index (χ0v) is 16.5. The first-order chi connectivity index (χ1) is 11.5. The average Bonchev–Trinajstić information content (AvgIpc) is 2.60. The maximum Gasteiger partial charge on any atom is 0.332 e. The van der Waals surface area contributed by atoms with Crippen molar-refractivity contribution in [1.82, 2.24) is 5.32 Å². The van der Waals surface area contributed by atoms with Crippen molar-refractivity contribution >= 4 is 24.5 Å². The van der Waals surface area contributed by atoms with Crippen LogP contribution < -0.4 is 9.62 Å². The Balaban J connectivity index is 2.26. The summed E-state index contributed by atoms with van der Waals surface area (Å²) in [5.74, 6) is 0.485. The van der Waals surface area contributed by atoms with Crippen LogP contribution in [0.5, 0.6) is 0 Å².